The van der Waals surface area contributed by atoms with E-state index in [1.807, 2.05) is 30.3 Å². The second-order valence-electron chi connectivity index (χ2n) is 8.78. The van der Waals surface area contributed by atoms with E-state index in [-0.39, 0.29) is 17.7 Å². The number of hydrogen-bond donors (Lipinski definition) is 1. The number of anilines is 1. The van der Waals surface area contributed by atoms with Crippen LogP contribution >= 0.6 is 0 Å². The van der Waals surface area contributed by atoms with Crippen LogP contribution in [0.5, 0.6) is 0 Å². The average Bonchev–Trinajstić information content (AvgIpc) is 2.81. The summed E-state index contributed by atoms with van der Waals surface area (Å²) < 4.78 is 0. The Balaban J connectivity index is 1.31. The van der Waals surface area contributed by atoms with Crippen LogP contribution in [0.3, 0.4) is 0 Å². The molecule has 2 aromatic carbocycles. The number of ketones is 2. The van der Waals surface area contributed by atoms with Gasteiger partial charge >= 0.3 is 0 Å². The maximum Gasteiger partial charge on any atom is 0.151 e. The van der Waals surface area contributed by atoms with Crippen LogP contribution < -0.4 is 10.2 Å². The first kappa shape index (κ1) is 21.7. The lowest BCUT2D eigenvalue weighted by molar-refractivity contribution is -0.125. The Bertz CT molecular complexity index is 867. The van der Waals surface area contributed by atoms with Gasteiger partial charge in [-0.1, -0.05) is 42.5 Å². The smallest absolute Gasteiger partial charge is 0.151 e. The highest BCUT2D eigenvalue weighted by Crippen LogP contribution is 2.29. The van der Waals surface area contributed by atoms with E-state index in [0.29, 0.717) is 12.2 Å². The van der Waals surface area contributed by atoms with Crippen molar-refractivity contribution < 1.29 is 9.59 Å². The molecule has 2 heterocycles. The first-order valence-electron chi connectivity index (χ1n) is 11.5. The summed E-state index contributed by atoms with van der Waals surface area (Å²) >= 11 is 0. The van der Waals surface area contributed by atoms with E-state index in [9.17, 15) is 9.59 Å². The van der Waals surface area contributed by atoms with Crippen LogP contribution in [0, 0.1) is 5.92 Å². The molecule has 0 radical (unpaired) electrons. The summed E-state index contributed by atoms with van der Waals surface area (Å²) in [6, 6.07) is 18.3. The predicted octanol–water partition coefficient (Wildman–Crippen LogP) is 3.25. The SMILES string of the molecule is CC(=O)C(c1ccccc1)N1CCC(C(=O)Cc2ccc(N3CCNCC3)cc2)CC1. The van der Waals surface area contributed by atoms with E-state index in [1.165, 1.54) is 5.69 Å². The van der Waals surface area contributed by atoms with Crippen molar-refractivity contribution in [1.29, 1.82) is 0 Å². The molecule has 1 N–H and O–H groups in total. The van der Waals surface area contributed by atoms with Gasteiger partial charge in [-0.05, 0) is 56.1 Å². The molecule has 5 heteroatoms. The van der Waals surface area contributed by atoms with Crippen molar-refractivity contribution in [2.75, 3.05) is 44.2 Å². The quantitative estimate of drug-likeness (QED) is 0.747. The Hall–Kier alpha value is -2.50. The molecule has 0 spiro atoms. The van der Waals surface area contributed by atoms with Crippen molar-refractivity contribution in [1.82, 2.24) is 10.2 Å². The zero-order valence-corrected chi connectivity index (χ0v) is 18.4. The first-order valence-corrected chi connectivity index (χ1v) is 11.5. The molecule has 5 nitrogen and oxygen atoms in total. The van der Waals surface area contributed by atoms with Gasteiger partial charge in [-0.2, -0.15) is 0 Å². The lowest BCUT2D eigenvalue weighted by Crippen LogP contribution is -2.43. The highest BCUT2D eigenvalue weighted by molar-refractivity contribution is 5.84. The summed E-state index contributed by atoms with van der Waals surface area (Å²) in [6.07, 6.45) is 2.16. The third kappa shape index (κ3) is 5.41. The lowest BCUT2D eigenvalue weighted by atomic mass is 9.87. The number of carbonyl (C=O) groups excluding carboxylic acids is 2. The summed E-state index contributed by atoms with van der Waals surface area (Å²) in [6.45, 7) is 7.34. The summed E-state index contributed by atoms with van der Waals surface area (Å²) in [5, 5.41) is 3.38. The van der Waals surface area contributed by atoms with Gasteiger partial charge in [0, 0.05) is 44.2 Å². The molecule has 0 saturated carbocycles. The molecule has 1 unspecified atom stereocenters. The van der Waals surface area contributed by atoms with Crippen molar-refractivity contribution in [2.24, 2.45) is 5.92 Å². The Kier molecular flexibility index (Phi) is 7.15. The van der Waals surface area contributed by atoms with Crippen molar-refractivity contribution >= 4 is 17.3 Å². The molecule has 4 rings (SSSR count). The zero-order chi connectivity index (χ0) is 21.6. The van der Waals surface area contributed by atoms with Gasteiger partial charge in [0.2, 0.25) is 0 Å². The standard InChI is InChI=1S/C26H33N3O2/c1-20(30)26(23-5-3-2-4-6-23)29-15-11-22(12-16-29)25(31)19-21-7-9-24(10-8-21)28-17-13-27-14-18-28/h2-10,22,26-27H,11-19H2,1H3. The normalized spacial score (nSPS) is 19.2. The third-order valence-electron chi connectivity index (χ3n) is 6.65. The number of rotatable bonds is 7. The predicted molar refractivity (Wildman–Crippen MR) is 124 cm³/mol. The number of hydrogen-bond acceptors (Lipinski definition) is 5. The van der Waals surface area contributed by atoms with Gasteiger partial charge in [0.25, 0.3) is 0 Å². The Morgan fingerprint density at radius 1 is 0.935 bits per heavy atom. The molecule has 164 valence electrons. The number of carbonyl (C=O) groups is 2. The summed E-state index contributed by atoms with van der Waals surface area (Å²) in [7, 11) is 0. The fourth-order valence-electron chi connectivity index (χ4n) is 4.91. The lowest BCUT2D eigenvalue weighted by Gasteiger charge is -2.36. The van der Waals surface area contributed by atoms with Gasteiger partial charge in [-0.25, -0.2) is 0 Å². The van der Waals surface area contributed by atoms with Gasteiger partial charge in [-0.15, -0.1) is 0 Å². The number of nitrogens with zero attached hydrogens (tertiary/aromatic N) is 2. The molecular weight excluding hydrogens is 386 g/mol. The fourth-order valence-corrected chi connectivity index (χ4v) is 4.91. The molecule has 0 aromatic heterocycles. The molecule has 0 amide bonds. The van der Waals surface area contributed by atoms with E-state index in [2.05, 4.69) is 39.4 Å². The van der Waals surface area contributed by atoms with Crippen LogP contribution in [-0.4, -0.2) is 55.7 Å². The number of Topliss-reactive ketones (excluding diaryl/α,β-unsaturated/α-hetero) is 2. The minimum atomic E-state index is -0.199. The van der Waals surface area contributed by atoms with Crippen LogP contribution in [-0.2, 0) is 16.0 Å². The maximum absolute atomic E-state index is 12.9. The highest BCUT2D eigenvalue weighted by atomic mass is 16.1. The van der Waals surface area contributed by atoms with E-state index in [0.717, 1.165) is 63.2 Å². The van der Waals surface area contributed by atoms with E-state index < -0.39 is 0 Å². The minimum Gasteiger partial charge on any atom is -0.369 e. The number of piperidine rings is 1. The number of nitrogens with one attached hydrogen (secondary N) is 1. The highest BCUT2D eigenvalue weighted by Gasteiger charge is 2.31. The summed E-state index contributed by atoms with van der Waals surface area (Å²) in [4.78, 5) is 29.9. The first-order chi connectivity index (χ1) is 15.1. The van der Waals surface area contributed by atoms with Crippen LogP contribution in [0.15, 0.2) is 54.6 Å². The van der Waals surface area contributed by atoms with Crippen molar-refractivity contribution in [2.45, 2.75) is 32.2 Å². The summed E-state index contributed by atoms with van der Waals surface area (Å²) in [5.74, 6) is 0.585. The van der Waals surface area contributed by atoms with Crippen molar-refractivity contribution in [3.63, 3.8) is 0 Å². The van der Waals surface area contributed by atoms with Crippen LogP contribution in [0.4, 0.5) is 5.69 Å². The molecule has 2 aromatic rings. The Labute approximate surface area is 185 Å². The molecule has 0 aliphatic carbocycles. The monoisotopic (exact) mass is 419 g/mol. The van der Waals surface area contributed by atoms with Crippen LogP contribution in [0.1, 0.15) is 36.9 Å². The summed E-state index contributed by atoms with van der Waals surface area (Å²) in [5.41, 5.74) is 3.38. The fraction of sp³-hybridized carbons (Fsp3) is 0.462. The minimum absolute atomic E-state index is 0.0903. The molecule has 2 saturated heterocycles. The second kappa shape index (κ2) is 10.2. The Morgan fingerprint density at radius 2 is 1.58 bits per heavy atom. The maximum atomic E-state index is 12.9. The van der Waals surface area contributed by atoms with Crippen LogP contribution in [0.25, 0.3) is 0 Å². The zero-order valence-electron chi connectivity index (χ0n) is 18.4. The molecule has 31 heavy (non-hydrogen) atoms. The Morgan fingerprint density at radius 3 is 2.19 bits per heavy atom. The van der Waals surface area contributed by atoms with Gasteiger partial charge in [0.15, 0.2) is 5.78 Å². The van der Waals surface area contributed by atoms with Gasteiger partial charge in [0.1, 0.15) is 5.78 Å². The van der Waals surface area contributed by atoms with Gasteiger partial charge in [0.05, 0.1) is 6.04 Å². The van der Waals surface area contributed by atoms with E-state index in [4.69, 9.17) is 0 Å². The molecule has 0 bridgehead atoms. The number of likely N-dealkylation sites (tertiary alicyclic amines) is 1. The largest absolute Gasteiger partial charge is 0.369 e. The number of piperazine rings is 1. The second-order valence-corrected chi connectivity index (χ2v) is 8.78. The van der Waals surface area contributed by atoms with E-state index >= 15 is 0 Å². The van der Waals surface area contributed by atoms with Crippen molar-refractivity contribution in [3.05, 3.63) is 65.7 Å². The van der Waals surface area contributed by atoms with Gasteiger partial charge in [-0.3, -0.25) is 14.5 Å². The van der Waals surface area contributed by atoms with Gasteiger partial charge < -0.3 is 10.2 Å². The topological polar surface area (TPSA) is 52.7 Å². The third-order valence-corrected chi connectivity index (χ3v) is 6.65. The molecule has 2 aliphatic rings. The number of benzene rings is 2. The van der Waals surface area contributed by atoms with E-state index in [1.54, 1.807) is 6.92 Å². The molecule has 2 aliphatic heterocycles. The van der Waals surface area contributed by atoms with Crippen LogP contribution in [0.2, 0.25) is 0 Å². The average molecular weight is 420 g/mol. The van der Waals surface area contributed by atoms with Crippen molar-refractivity contribution in [3.8, 4) is 0 Å². The molecule has 1 atom stereocenters. The molecule has 2 fully saturated rings. The molecular formula is C26H33N3O2.